The summed E-state index contributed by atoms with van der Waals surface area (Å²) in [6.45, 7) is 4.40. The van der Waals surface area contributed by atoms with Gasteiger partial charge in [0.2, 0.25) is 11.8 Å². The lowest BCUT2D eigenvalue weighted by Crippen LogP contribution is -2.43. The summed E-state index contributed by atoms with van der Waals surface area (Å²) in [5.41, 5.74) is 0. The average molecular weight is 280 g/mol. The van der Waals surface area contributed by atoms with E-state index < -0.39 is 0 Å². The van der Waals surface area contributed by atoms with Gasteiger partial charge in [-0.05, 0) is 38.0 Å². The van der Waals surface area contributed by atoms with Crippen molar-refractivity contribution in [2.24, 2.45) is 11.8 Å². The van der Waals surface area contributed by atoms with Crippen LogP contribution in [0.25, 0.3) is 0 Å². The predicted molar refractivity (Wildman–Crippen MR) is 73.8 cm³/mol. The third kappa shape index (κ3) is 2.82. The molecule has 0 unspecified atom stereocenters. The van der Waals surface area contributed by atoms with Gasteiger partial charge in [0.25, 0.3) is 0 Å². The van der Waals surface area contributed by atoms with Crippen LogP contribution in [0.1, 0.15) is 39.0 Å². The quantitative estimate of drug-likeness (QED) is 0.778. The zero-order valence-electron chi connectivity index (χ0n) is 12.2. The topological polar surface area (TPSA) is 49.9 Å². The van der Waals surface area contributed by atoms with Gasteiger partial charge in [0, 0.05) is 13.2 Å². The summed E-state index contributed by atoms with van der Waals surface area (Å²) in [6, 6.07) is 0. The molecule has 1 saturated carbocycles. The largest absolute Gasteiger partial charge is 0.377 e. The molecule has 20 heavy (non-hydrogen) atoms. The Bertz CT molecular complexity index is 395. The standard InChI is InChI=1S/C15H24N2O3/c1-2-13-12(4-3-7-20-13)15(19)17-9-14(18)16(10-17)8-11-5-6-11/h11-13H,2-10H2,1H3/t12-,13-/m1/s1. The van der Waals surface area contributed by atoms with Crippen LogP contribution in [0.15, 0.2) is 0 Å². The van der Waals surface area contributed by atoms with Crippen LogP contribution in [0.5, 0.6) is 0 Å². The average Bonchev–Trinajstić information content (AvgIpc) is 3.21. The molecule has 3 fully saturated rings. The minimum Gasteiger partial charge on any atom is -0.377 e. The summed E-state index contributed by atoms with van der Waals surface area (Å²) < 4.78 is 5.70. The van der Waals surface area contributed by atoms with Crippen molar-refractivity contribution in [2.45, 2.75) is 45.1 Å². The van der Waals surface area contributed by atoms with Crippen molar-refractivity contribution in [1.29, 1.82) is 0 Å². The van der Waals surface area contributed by atoms with E-state index in [9.17, 15) is 9.59 Å². The van der Waals surface area contributed by atoms with Crippen LogP contribution in [-0.2, 0) is 14.3 Å². The minimum absolute atomic E-state index is 0.0313. The van der Waals surface area contributed by atoms with E-state index in [1.54, 1.807) is 4.90 Å². The molecule has 0 bridgehead atoms. The highest BCUT2D eigenvalue weighted by Gasteiger charge is 2.39. The molecule has 0 aromatic carbocycles. The molecule has 3 aliphatic rings. The van der Waals surface area contributed by atoms with Gasteiger partial charge in [-0.1, -0.05) is 6.92 Å². The summed E-state index contributed by atoms with van der Waals surface area (Å²) >= 11 is 0. The summed E-state index contributed by atoms with van der Waals surface area (Å²) in [5.74, 6) is 0.844. The van der Waals surface area contributed by atoms with E-state index in [4.69, 9.17) is 4.74 Å². The first-order valence-electron chi connectivity index (χ1n) is 7.87. The Labute approximate surface area is 120 Å². The van der Waals surface area contributed by atoms with Gasteiger partial charge in [0.1, 0.15) is 6.54 Å². The lowest BCUT2D eigenvalue weighted by Gasteiger charge is -2.32. The van der Waals surface area contributed by atoms with Gasteiger partial charge in [-0.15, -0.1) is 0 Å². The Morgan fingerprint density at radius 2 is 2.15 bits per heavy atom. The number of amides is 2. The first-order chi connectivity index (χ1) is 9.69. The highest BCUT2D eigenvalue weighted by molar-refractivity contribution is 5.89. The van der Waals surface area contributed by atoms with E-state index >= 15 is 0 Å². The number of rotatable bonds is 4. The molecule has 3 rings (SSSR count). The normalized spacial score (nSPS) is 30.9. The van der Waals surface area contributed by atoms with Gasteiger partial charge < -0.3 is 14.5 Å². The van der Waals surface area contributed by atoms with Gasteiger partial charge in [-0.25, -0.2) is 0 Å². The third-order valence-electron chi connectivity index (χ3n) is 4.67. The smallest absolute Gasteiger partial charge is 0.243 e. The fraction of sp³-hybridized carbons (Fsp3) is 0.867. The van der Waals surface area contributed by atoms with Crippen molar-refractivity contribution < 1.29 is 14.3 Å². The van der Waals surface area contributed by atoms with Crippen LogP contribution in [0.3, 0.4) is 0 Å². The molecule has 112 valence electrons. The van der Waals surface area contributed by atoms with Gasteiger partial charge >= 0.3 is 0 Å². The first-order valence-corrected chi connectivity index (χ1v) is 7.87. The molecule has 0 aromatic rings. The number of nitrogens with zero attached hydrogens (tertiary/aromatic N) is 2. The van der Waals surface area contributed by atoms with Crippen molar-refractivity contribution in [3.8, 4) is 0 Å². The molecule has 0 radical (unpaired) electrons. The van der Waals surface area contributed by atoms with Gasteiger partial charge in [0.15, 0.2) is 0 Å². The Balaban J connectivity index is 1.60. The van der Waals surface area contributed by atoms with Crippen LogP contribution >= 0.6 is 0 Å². The molecule has 2 heterocycles. The Morgan fingerprint density at radius 3 is 2.85 bits per heavy atom. The highest BCUT2D eigenvalue weighted by Crippen LogP contribution is 2.31. The predicted octanol–water partition coefficient (Wildman–Crippen LogP) is 1.23. The fourth-order valence-electron chi connectivity index (χ4n) is 3.28. The zero-order chi connectivity index (χ0) is 14.1. The van der Waals surface area contributed by atoms with E-state index in [-0.39, 0.29) is 30.4 Å². The van der Waals surface area contributed by atoms with E-state index in [1.807, 2.05) is 4.90 Å². The first kappa shape index (κ1) is 13.9. The van der Waals surface area contributed by atoms with Crippen LogP contribution in [0.4, 0.5) is 0 Å². The summed E-state index contributed by atoms with van der Waals surface area (Å²) in [7, 11) is 0. The monoisotopic (exact) mass is 280 g/mol. The third-order valence-corrected chi connectivity index (χ3v) is 4.67. The minimum atomic E-state index is -0.0533. The van der Waals surface area contributed by atoms with Crippen LogP contribution in [-0.4, -0.2) is 54.1 Å². The van der Waals surface area contributed by atoms with E-state index in [1.165, 1.54) is 12.8 Å². The lowest BCUT2D eigenvalue weighted by atomic mass is 9.91. The van der Waals surface area contributed by atoms with Crippen molar-refractivity contribution in [3.63, 3.8) is 0 Å². The lowest BCUT2D eigenvalue weighted by molar-refractivity contribution is -0.145. The molecular weight excluding hydrogens is 256 g/mol. The van der Waals surface area contributed by atoms with E-state index in [0.29, 0.717) is 12.6 Å². The second kappa shape index (κ2) is 5.72. The molecule has 2 saturated heterocycles. The molecule has 0 aromatic heterocycles. The maximum atomic E-state index is 12.6. The van der Waals surface area contributed by atoms with E-state index in [2.05, 4.69) is 6.92 Å². The van der Waals surface area contributed by atoms with E-state index in [0.717, 1.165) is 32.4 Å². The number of hydrogen-bond donors (Lipinski definition) is 0. The molecule has 2 aliphatic heterocycles. The molecule has 2 atom stereocenters. The number of hydrogen-bond acceptors (Lipinski definition) is 3. The summed E-state index contributed by atoms with van der Waals surface area (Å²) in [5, 5.41) is 0. The summed E-state index contributed by atoms with van der Waals surface area (Å²) in [4.78, 5) is 28.2. The maximum Gasteiger partial charge on any atom is 0.243 e. The Morgan fingerprint density at radius 1 is 1.35 bits per heavy atom. The SMILES string of the molecule is CC[C@H]1OCCC[C@H]1C(=O)N1CC(=O)N(CC2CC2)C1. The maximum absolute atomic E-state index is 12.6. The molecule has 5 heteroatoms. The highest BCUT2D eigenvalue weighted by atomic mass is 16.5. The number of carbonyl (C=O) groups excluding carboxylic acids is 2. The summed E-state index contributed by atoms with van der Waals surface area (Å²) in [6.07, 6.45) is 5.19. The zero-order valence-corrected chi connectivity index (χ0v) is 12.2. The van der Waals surface area contributed by atoms with Crippen LogP contribution < -0.4 is 0 Å². The van der Waals surface area contributed by atoms with Gasteiger partial charge in [0.05, 0.1) is 18.7 Å². The van der Waals surface area contributed by atoms with Gasteiger partial charge in [-0.2, -0.15) is 0 Å². The Hall–Kier alpha value is -1.10. The van der Waals surface area contributed by atoms with Crippen LogP contribution in [0, 0.1) is 11.8 Å². The second-order valence-electron chi connectivity index (χ2n) is 6.30. The molecule has 1 aliphatic carbocycles. The second-order valence-corrected chi connectivity index (χ2v) is 6.30. The van der Waals surface area contributed by atoms with Gasteiger partial charge in [-0.3, -0.25) is 9.59 Å². The fourth-order valence-corrected chi connectivity index (χ4v) is 3.28. The van der Waals surface area contributed by atoms with Crippen molar-refractivity contribution in [1.82, 2.24) is 9.80 Å². The van der Waals surface area contributed by atoms with Crippen LogP contribution in [0.2, 0.25) is 0 Å². The molecule has 5 nitrogen and oxygen atoms in total. The molecule has 0 spiro atoms. The van der Waals surface area contributed by atoms with Crippen molar-refractivity contribution in [2.75, 3.05) is 26.4 Å². The van der Waals surface area contributed by atoms with Crippen molar-refractivity contribution >= 4 is 11.8 Å². The number of carbonyl (C=O) groups is 2. The van der Waals surface area contributed by atoms with Crippen molar-refractivity contribution in [3.05, 3.63) is 0 Å². The Kier molecular flexibility index (Phi) is 3.96. The number of ether oxygens (including phenoxy) is 1. The molecule has 2 amide bonds. The molecule has 0 N–H and O–H groups in total. The molecular formula is C15H24N2O3.